The van der Waals surface area contributed by atoms with Crippen molar-refractivity contribution < 1.29 is 19.8 Å². The first kappa shape index (κ1) is 15.1. The predicted molar refractivity (Wildman–Crippen MR) is 69.4 cm³/mol. The summed E-state index contributed by atoms with van der Waals surface area (Å²) in [7, 11) is 0. The summed E-state index contributed by atoms with van der Waals surface area (Å²) >= 11 is 0. The normalized spacial score (nSPS) is 10.8. The van der Waals surface area contributed by atoms with Crippen LogP contribution in [0.5, 0.6) is 0 Å². The summed E-state index contributed by atoms with van der Waals surface area (Å²) in [5.41, 5.74) is 0.758. The van der Waals surface area contributed by atoms with Crippen molar-refractivity contribution in [3.8, 4) is 0 Å². The number of benzene rings is 1. The molecule has 0 atom stereocenters. The van der Waals surface area contributed by atoms with Gasteiger partial charge >= 0.3 is 5.97 Å². The van der Waals surface area contributed by atoms with Crippen LogP contribution in [0.2, 0.25) is 0 Å². The molecular weight excluding hydrogens is 248 g/mol. The number of carbonyl (C=O) groups is 1. The van der Waals surface area contributed by atoms with Crippen molar-refractivity contribution in [1.29, 1.82) is 0 Å². The lowest BCUT2D eigenvalue weighted by atomic mass is 10.2. The molecule has 0 aliphatic rings. The number of carboxylic acid groups (broad SMARTS) is 1. The fraction of sp³-hybridized carbons (Fsp3) is 0.462. The highest BCUT2D eigenvalue weighted by Gasteiger charge is 2.00. The monoisotopic (exact) mass is 266 g/mol. The average molecular weight is 266 g/mol. The van der Waals surface area contributed by atoms with Gasteiger partial charge in [-0.3, -0.25) is 0 Å². The van der Waals surface area contributed by atoms with Gasteiger partial charge in [-0.1, -0.05) is 6.42 Å². The van der Waals surface area contributed by atoms with E-state index in [4.69, 9.17) is 15.1 Å². The Morgan fingerprint density at radius 3 is 2.42 bits per heavy atom. The van der Waals surface area contributed by atoms with Gasteiger partial charge in [0.25, 0.3) is 0 Å². The molecule has 1 aromatic carbocycles. The van der Waals surface area contributed by atoms with Crippen LogP contribution in [0.25, 0.3) is 0 Å². The predicted octanol–water partition coefficient (Wildman–Crippen LogP) is 2.95. The number of aliphatic hydroxyl groups is 1. The molecule has 1 rings (SSSR count). The molecule has 0 fully saturated rings. The number of hydrogen-bond acceptors (Lipinski definition) is 5. The van der Waals surface area contributed by atoms with E-state index in [0.29, 0.717) is 12.3 Å². The first-order valence-electron chi connectivity index (χ1n) is 6.21. The van der Waals surface area contributed by atoms with Gasteiger partial charge in [-0.05, 0) is 43.5 Å². The second-order valence-corrected chi connectivity index (χ2v) is 4.00. The summed E-state index contributed by atoms with van der Waals surface area (Å²) in [6, 6.07) is 6.06. The third-order valence-electron chi connectivity index (χ3n) is 2.47. The van der Waals surface area contributed by atoms with Crippen molar-refractivity contribution in [3.05, 3.63) is 29.8 Å². The van der Waals surface area contributed by atoms with E-state index in [1.54, 1.807) is 12.1 Å². The van der Waals surface area contributed by atoms with Gasteiger partial charge in [0.1, 0.15) is 6.61 Å². The molecule has 6 nitrogen and oxygen atoms in total. The molecule has 0 radical (unpaired) electrons. The Bertz CT molecular complexity index is 404. The molecule has 0 aromatic heterocycles. The van der Waals surface area contributed by atoms with E-state index in [1.807, 2.05) is 0 Å². The van der Waals surface area contributed by atoms with Gasteiger partial charge in [0.15, 0.2) is 0 Å². The molecular formula is C13H18N2O4. The Balaban J connectivity index is 2.20. The van der Waals surface area contributed by atoms with Crippen molar-refractivity contribution in [2.75, 3.05) is 13.2 Å². The molecule has 0 aliphatic carbocycles. The Morgan fingerprint density at radius 2 is 1.79 bits per heavy atom. The third-order valence-corrected chi connectivity index (χ3v) is 2.47. The lowest BCUT2D eigenvalue weighted by molar-refractivity contribution is 0.0697. The minimum atomic E-state index is -0.970. The van der Waals surface area contributed by atoms with Crippen LogP contribution in [-0.4, -0.2) is 29.4 Å². The summed E-state index contributed by atoms with van der Waals surface area (Å²) in [5, 5.41) is 24.7. The van der Waals surface area contributed by atoms with Crippen LogP contribution in [0.3, 0.4) is 0 Å². The summed E-state index contributed by atoms with van der Waals surface area (Å²) < 4.78 is 0. The zero-order chi connectivity index (χ0) is 13.9. The number of carboxylic acids is 1. The highest BCUT2D eigenvalue weighted by atomic mass is 16.6. The van der Waals surface area contributed by atoms with Crippen LogP contribution in [0.15, 0.2) is 34.7 Å². The summed E-state index contributed by atoms with van der Waals surface area (Å²) in [5.74, 6) is -0.970. The number of hydrogen-bond donors (Lipinski definition) is 2. The zero-order valence-corrected chi connectivity index (χ0v) is 10.7. The topological polar surface area (TPSA) is 91.5 Å². The molecule has 2 N–H and O–H groups in total. The molecule has 0 heterocycles. The van der Waals surface area contributed by atoms with E-state index >= 15 is 0 Å². The number of aromatic carboxylic acids is 1. The van der Waals surface area contributed by atoms with Crippen molar-refractivity contribution in [1.82, 2.24) is 0 Å². The van der Waals surface area contributed by atoms with Crippen LogP contribution in [-0.2, 0) is 4.84 Å². The molecule has 104 valence electrons. The van der Waals surface area contributed by atoms with E-state index in [0.717, 1.165) is 25.7 Å². The number of nitrogens with zero attached hydrogens (tertiary/aromatic N) is 2. The largest absolute Gasteiger partial charge is 0.478 e. The SMILES string of the molecule is O=C(O)c1ccc(N=NOCCCCCCO)cc1. The smallest absolute Gasteiger partial charge is 0.335 e. The third kappa shape index (κ3) is 6.52. The van der Waals surface area contributed by atoms with E-state index in [9.17, 15) is 4.79 Å². The van der Waals surface area contributed by atoms with E-state index in [1.165, 1.54) is 12.1 Å². The number of rotatable bonds is 9. The maximum Gasteiger partial charge on any atom is 0.335 e. The van der Waals surface area contributed by atoms with Crippen LogP contribution in [0, 0.1) is 0 Å². The highest BCUT2D eigenvalue weighted by Crippen LogP contribution is 2.13. The second-order valence-electron chi connectivity index (χ2n) is 4.00. The molecule has 19 heavy (non-hydrogen) atoms. The van der Waals surface area contributed by atoms with Gasteiger partial charge in [0, 0.05) is 11.9 Å². The van der Waals surface area contributed by atoms with Gasteiger partial charge < -0.3 is 15.1 Å². The minimum absolute atomic E-state index is 0.212. The Kier molecular flexibility index (Phi) is 7.19. The minimum Gasteiger partial charge on any atom is -0.478 e. The highest BCUT2D eigenvalue weighted by molar-refractivity contribution is 5.87. The zero-order valence-electron chi connectivity index (χ0n) is 10.7. The number of unbranched alkanes of at least 4 members (excludes halogenated alkanes) is 3. The van der Waals surface area contributed by atoms with Crippen LogP contribution in [0.4, 0.5) is 5.69 Å². The van der Waals surface area contributed by atoms with Crippen LogP contribution < -0.4 is 0 Å². The van der Waals surface area contributed by atoms with Gasteiger partial charge in [-0.15, -0.1) is 5.11 Å². The molecule has 0 bridgehead atoms. The molecule has 0 unspecified atom stereocenters. The van der Waals surface area contributed by atoms with Gasteiger partial charge in [-0.25, -0.2) is 4.79 Å². The van der Waals surface area contributed by atoms with Gasteiger partial charge in [0.05, 0.1) is 11.3 Å². The summed E-state index contributed by atoms with van der Waals surface area (Å²) in [6.45, 7) is 0.717. The van der Waals surface area contributed by atoms with Crippen molar-refractivity contribution in [3.63, 3.8) is 0 Å². The van der Waals surface area contributed by atoms with E-state index < -0.39 is 5.97 Å². The Morgan fingerprint density at radius 1 is 1.11 bits per heavy atom. The molecule has 0 aliphatic heterocycles. The maximum absolute atomic E-state index is 10.6. The molecule has 0 saturated heterocycles. The lowest BCUT2D eigenvalue weighted by Gasteiger charge is -1.98. The van der Waals surface area contributed by atoms with Crippen molar-refractivity contribution in [2.45, 2.75) is 25.7 Å². The average Bonchev–Trinajstić information content (AvgIpc) is 2.42. The molecule has 0 saturated carbocycles. The Hall–Kier alpha value is -1.95. The maximum atomic E-state index is 10.6. The first-order valence-corrected chi connectivity index (χ1v) is 6.21. The fourth-order valence-corrected chi connectivity index (χ4v) is 1.42. The quantitative estimate of drug-likeness (QED) is 0.408. The fourth-order valence-electron chi connectivity index (χ4n) is 1.42. The molecule has 0 spiro atoms. The standard InChI is InChI=1S/C13H18N2O4/c16-9-3-1-2-4-10-19-15-14-12-7-5-11(6-8-12)13(17)18/h5-8,16H,1-4,9-10H2,(H,17,18). The van der Waals surface area contributed by atoms with E-state index in [2.05, 4.69) is 10.4 Å². The van der Waals surface area contributed by atoms with Gasteiger partial charge in [-0.2, -0.15) is 0 Å². The second kappa shape index (κ2) is 9.04. The Labute approximate surface area is 111 Å². The van der Waals surface area contributed by atoms with Crippen molar-refractivity contribution >= 4 is 11.7 Å². The van der Waals surface area contributed by atoms with Crippen LogP contribution in [0.1, 0.15) is 36.0 Å². The van der Waals surface area contributed by atoms with E-state index in [-0.39, 0.29) is 12.2 Å². The summed E-state index contributed by atoms with van der Waals surface area (Å²) in [4.78, 5) is 15.6. The summed E-state index contributed by atoms with van der Waals surface area (Å²) in [6.07, 6.45) is 3.66. The lowest BCUT2D eigenvalue weighted by Crippen LogP contribution is -1.94. The van der Waals surface area contributed by atoms with Crippen LogP contribution >= 0.6 is 0 Å². The number of aliphatic hydroxyl groups excluding tert-OH is 1. The molecule has 1 aromatic rings. The first-order chi connectivity index (χ1) is 9.24. The van der Waals surface area contributed by atoms with Gasteiger partial charge in [0.2, 0.25) is 0 Å². The molecule has 6 heteroatoms. The van der Waals surface area contributed by atoms with Crippen molar-refractivity contribution in [2.24, 2.45) is 10.4 Å². The molecule has 0 amide bonds.